The number of carbonyl (C=O) groups is 2. The zero-order valence-corrected chi connectivity index (χ0v) is 21.7. The normalized spacial score (nSPS) is 22.1. The summed E-state index contributed by atoms with van der Waals surface area (Å²) in [5, 5.41) is 14.4. The predicted octanol–water partition coefficient (Wildman–Crippen LogP) is 3.14. The largest absolute Gasteiger partial charge is 0.468 e. The molecule has 0 aromatic heterocycles. The average molecular weight is 518 g/mol. The van der Waals surface area contributed by atoms with Crippen molar-refractivity contribution in [3.63, 3.8) is 0 Å². The van der Waals surface area contributed by atoms with E-state index in [4.69, 9.17) is 18.9 Å². The van der Waals surface area contributed by atoms with Gasteiger partial charge in [0.15, 0.2) is 11.9 Å². The van der Waals surface area contributed by atoms with E-state index in [0.717, 1.165) is 27.8 Å². The summed E-state index contributed by atoms with van der Waals surface area (Å²) >= 11 is 0. The number of carbonyl (C=O) groups excluding carboxylic acids is 2. The Morgan fingerprint density at radius 2 is 1.29 bits per heavy atom. The van der Waals surface area contributed by atoms with Crippen molar-refractivity contribution in [2.75, 3.05) is 14.2 Å². The van der Waals surface area contributed by atoms with Crippen molar-refractivity contribution in [1.29, 1.82) is 0 Å². The van der Waals surface area contributed by atoms with Gasteiger partial charge in [0.25, 0.3) is 0 Å². The van der Waals surface area contributed by atoms with Crippen LogP contribution in [0.4, 0.5) is 0 Å². The maximum absolute atomic E-state index is 13.5. The highest BCUT2D eigenvalue weighted by Crippen LogP contribution is 2.51. The molecule has 0 spiro atoms. The Morgan fingerprint density at radius 3 is 1.84 bits per heavy atom. The van der Waals surface area contributed by atoms with Crippen molar-refractivity contribution in [3.8, 4) is 11.1 Å². The minimum Gasteiger partial charge on any atom is -0.468 e. The van der Waals surface area contributed by atoms with Gasteiger partial charge in [-0.1, -0.05) is 78.9 Å². The van der Waals surface area contributed by atoms with Crippen molar-refractivity contribution in [2.45, 2.75) is 49.5 Å². The van der Waals surface area contributed by atoms with Crippen LogP contribution in [0.5, 0.6) is 0 Å². The molecule has 0 bridgehead atoms. The molecule has 1 heterocycles. The third kappa shape index (κ3) is 4.19. The Morgan fingerprint density at radius 1 is 0.789 bits per heavy atom. The van der Waals surface area contributed by atoms with Crippen LogP contribution in [0.3, 0.4) is 0 Å². The number of benzene rings is 3. The molecule has 38 heavy (non-hydrogen) atoms. The summed E-state index contributed by atoms with van der Waals surface area (Å²) < 4.78 is 22.1. The summed E-state index contributed by atoms with van der Waals surface area (Å²) in [6.07, 6.45) is -3.97. The molecule has 1 aliphatic heterocycles. The van der Waals surface area contributed by atoms with E-state index in [-0.39, 0.29) is 0 Å². The predicted molar refractivity (Wildman–Crippen MR) is 139 cm³/mol. The highest BCUT2D eigenvalue weighted by Gasteiger charge is 2.56. The SMILES string of the molecule is COC(=O)[C@@H](O)[C@H]1OC(C)(C)O[C@@H]1[C@H](NC1(c2ccccc2)c2ccccc2-c2ccccc21)C(=O)OC. The molecule has 8 nitrogen and oxygen atoms in total. The zero-order chi connectivity index (χ0) is 27.1. The first-order valence-corrected chi connectivity index (χ1v) is 12.5. The van der Waals surface area contributed by atoms with Crippen molar-refractivity contribution >= 4 is 11.9 Å². The Balaban J connectivity index is 1.71. The molecule has 198 valence electrons. The van der Waals surface area contributed by atoms with Crippen LogP contribution in [-0.2, 0) is 34.1 Å². The quantitative estimate of drug-likeness (QED) is 0.461. The highest BCUT2D eigenvalue weighted by molar-refractivity contribution is 5.85. The van der Waals surface area contributed by atoms with Gasteiger partial charge in [-0.15, -0.1) is 0 Å². The van der Waals surface area contributed by atoms with Crippen molar-refractivity contribution in [1.82, 2.24) is 5.32 Å². The average Bonchev–Trinajstić information content (AvgIpc) is 3.42. The second-order valence-corrected chi connectivity index (χ2v) is 9.89. The van der Waals surface area contributed by atoms with Crippen LogP contribution in [0.25, 0.3) is 11.1 Å². The van der Waals surface area contributed by atoms with Gasteiger partial charge < -0.3 is 24.1 Å². The van der Waals surface area contributed by atoms with Gasteiger partial charge in [0, 0.05) is 0 Å². The van der Waals surface area contributed by atoms with E-state index in [1.54, 1.807) is 13.8 Å². The van der Waals surface area contributed by atoms with Crippen LogP contribution in [0, 0.1) is 0 Å². The van der Waals surface area contributed by atoms with E-state index in [2.05, 4.69) is 17.4 Å². The third-order valence-corrected chi connectivity index (χ3v) is 7.23. The van der Waals surface area contributed by atoms with E-state index in [1.165, 1.54) is 14.2 Å². The molecule has 3 aromatic carbocycles. The molecule has 5 rings (SSSR count). The molecule has 2 N–H and O–H groups in total. The van der Waals surface area contributed by atoms with E-state index in [0.29, 0.717) is 0 Å². The lowest BCUT2D eigenvalue weighted by molar-refractivity contribution is -0.171. The fourth-order valence-corrected chi connectivity index (χ4v) is 5.68. The molecular weight excluding hydrogens is 486 g/mol. The number of hydrogen-bond acceptors (Lipinski definition) is 8. The number of aliphatic hydroxyl groups excluding tert-OH is 1. The van der Waals surface area contributed by atoms with Gasteiger partial charge in [-0.25, -0.2) is 4.79 Å². The first-order valence-electron chi connectivity index (χ1n) is 12.5. The monoisotopic (exact) mass is 517 g/mol. The minimum atomic E-state index is -1.68. The molecule has 3 aromatic rings. The summed E-state index contributed by atoms with van der Waals surface area (Å²) in [7, 11) is 2.46. The number of rotatable bonds is 7. The first kappa shape index (κ1) is 26.1. The van der Waals surface area contributed by atoms with Gasteiger partial charge in [0.1, 0.15) is 18.2 Å². The van der Waals surface area contributed by atoms with Crippen LogP contribution in [0.1, 0.15) is 30.5 Å². The van der Waals surface area contributed by atoms with Gasteiger partial charge in [-0.05, 0) is 41.7 Å². The van der Waals surface area contributed by atoms with Crippen LogP contribution in [0.15, 0.2) is 78.9 Å². The molecule has 4 atom stereocenters. The maximum atomic E-state index is 13.5. The lowest BCUT2D eigenvalue weighted by Crippen LogP contribution is -2.60. The molecule has 1 fully saturated rings. The van der Waals surface area contributed by atoms with E-state index in [9.17, 15) is 14.7 Å². The number of ether oxygens (including phenoxy) is 4. The van der Waals surface area contributed by atoms with Gasteiger partial charge in [0.05, 0.1) is 19.8 Å². The van der Waals surface area contributed by atoms with Crippen LogP contribution in [0.2, 0.25) is 0 Å². The number of nitrogens with one attached hydrogen (secondary N) is 1. The summed E-state index contributed by atoms with van der Waals surface area (Å²) in [6.45, 7) is 3.32. The summed E-state index contributed by atoms with van der Waals surface area (Å²) in [6, 6.07) is 24.7. The molecule has 0 radical (unpaired) electrons. The summed E-state index contributed by atoms with van der Waals surface area (Å²) in [5.41, 5.74) is 3.87. The standard InChI is InChI=1S/C30H31NO7/c1-29(2)37-25(26(38-29)24(32)28(34)36-4)23(27(33)35-3)31-30(18-12-6-5-7-13-18)21-16-10-8-14-19(21)20-15-9-11-17-22(20)30/h5-17,23-26,31-32H,1-4H3/t23-,24-,25+,26+/m0/s1. The maximum Gasteiger partial charge on any atom is 0.337 e. The molecule has 2 aliphatic rings. The molecule has 1 saturated heterocycles. The highest BCUT2D eigenvalue weighted by atomic mass is 16.8. The Hall–Kier alpha value is -3.56. The Bertz CT molecular complexity index is 1290. The van der Waals surface area contributed by atoms with Crippen molar-refractivity contribution < 1.29 is 33.6 Å². The number of methoxy groups -OCH3 is 2. The Labute approximate surface area is 221 Å². The van der Waals surface area contributed by atoms with E-state index >= 15 is 0 Å². The molecular formula is C30H31NO7. The Kier molecular flexibility index (Phi) is 6.83. The smallest absolute Gasteiger partial charge is 0.337 e. The number of fused-ring (bicyclic) bond motifs is 3. The van der Waals surface area contributed by atoms with Crippen molar-refractivity contribution in [3.05, 3.63) is 95.6 Å². The van der Waals surface area contributed by atoms with Crippen molar-refractivity contribution in [2.24, 2.45) is 0 Å². The van der Waals surface area contributed by atoms with E-state index < -0.39 is 47.6 Å². The van der Waals surface area contributed by atoms with E-state index in [1.807, 2.05) is 66.7 Å². The molecule has 1 aliphatic carbocycles. The molecule has 0 amide bonds. The lowest BCUT2D eigenvalue weighted by Gasteiger charge is -2.39. The lowest BCUT2D eigenvalue weighted by atomic mass is 9.79. The van der Waals surface area contributed by atoms with Crippen LogP contribution < -0.4 is 5.32 Å². The van der Waals surface area contributed by atoms with Gasteiger partial charge in [-0.2, -0.15) is 0 Å². The van der Waals surface area contributed by atoms with Gasteiger partial charge >= 0.3 is 11.9 Å². The second kappa shape index (κ2) is 9.96. The second-order valence-electron chi connectivity index (χ2n) is 9.89. The summed E-state index contributed by atoms with van der Waals surface area (Å²) in [5.74, 6) is -2.71. The first-order chi connectivity index (χ1) is 18.2. The van der Waals surface area contributed by atoms with Gasteiger partial charge in [-0.3, -0.25) is 10.1 Å². The number of esters is 2. The molecule has 0 unspecified atom stereocenters. The fraction of sp³-hybridized carbons (Fsp3) is 0.333. The summed E-state index contributed by atoms with van der Waals surface area (Å²) in [4.78, 5) is 25.8. The zero-order valence-electron chi connectivity index (χ0n) is 21.7. The molecule has 8 heteroatoms. The topological polar surface area (TPSA) is 103 Å². The fourth-order valence-electron chi connectivity index (χ4n) is 5.68. The number of hydrogen-bond donors (Lipinski definition) is 2. The molecule has 0 saturated carbocycles. The van der Waals surface area contributed by atoms with Gasteiger partial charge in [0.2, 0.25) is 0 Å². The van der Waals surface area contributed by atoms with Crippen LogP contribution >= 0.6 is 0 Å². The minimum absolute atomic E-state index is 0.629. The van der Waals surface area contributed by atoms with Crippen LogP contribution in [-0.4, -0.2) is 61.4 Å². The number of aliphatic hydroxyl groups is 1. The third-order valence-electron chi connectivity index (χ3n) is 7.23.